The Balaban J connectivity index is 1.87. The first-order valence-corrected chi connectivity index (χ1v) is 6.63. The number of carboxylic acid groups (broad SMARTS) is 1. The van der Waals surface area contributed by atoms with Crippen molar-refractivity contribution in [3.63, 3.8) is 0 Å². The zero-order valence-corrected chi connectivity index (χ0v) is 10.2. The van der Waals surface area contributed by atoms with Crippen molar-refractivity contribution in [1.82, 2.24) is 5.32 Å². The van der Waals surface area contributed by atoms with E-state index in [2.05, 4.69) is 12.2 Å². The Morgan fingerprint density at radius 3 is 2.50 bits per heavy atom. The van der Waals surface area contributed by atoms with Gasteiger partial charge in [0.2, 0.25) is 5.91 Å². The van der Waals surface area contributed by atoms with E-state index in [4.69, 9.17) is 5.11 Å². The third-order valence-corrected chi connectivity index (χ3v) is 5.06. The van der Waals surface area contributed by atoms with Gasteiger partial charge < -0.3 is 10.4 Å². The van der Waals surface area contributed by atoms with Gasteiger partial charge in [0.25, 0.3) is 0 Å². The van der Waals surface area contributed by atoms with Crippen molar-refractivity contribution in [2.24, 2.45) is 5.41 Å². The lowest BCUT2D eigenvalue weighted by atomic mass is 10.0. The average molecular weight is 243 g/mol. The van der Waals surface area contributed by atoms with Gasteiger partial charge in [-0.3, -0.25) is 9.59 Å². The molecule has 1 saturated carbocycles. The van der Waals surface area contributed by atoms with Gasteiger partial charge in [-0.1, -0.05) is 0 Å². The molecule has 4 nitrogen and oxygen atoms in total. The average Bonchev–Trinajstić information content (AvgIpc) is 2.95. The molecule has 90 valence electrons. The number of hydrogen-bond donors (Lipinski definition) is 2. The molecule has 1 saturated heterocycles. The molecule has 1 aliphatic heterocycles. The van der Waals surface area contributed by atoms with Gasteiger partial charge in [0.15, 0.2) is 0 Å². The Morgan fingerprint density at radius 2 is 2.06 bits per heavy atom. The number of carbonyl (C=O) groups is 2. The molecule has 2 aliphatic rings. The zero-order valence-electron chi connectivity index (χ0n) is 9.41. The molecule has 0 bridgehead atoms. The van der Waals surface area contributed by atoms with Gasteiger partial charge in [0.1, 0.15) is 5.41 Å². The van der Waals surface area contributed by atoms with Crippen LogP contribution in [0.15, 0.2) is 0 Å². The van der Waals surface area contributed by atoms with Crippen molar-refractivity contribution in [3.8, 4) is 0 Å². The maximum atomic E-state index is 11.8. The minimum atomic E-state index is -1.10. The number of carboxylic acids is 1. The van der Waals surface area contributed by atoms with Crippen molar-refractivity contribution in [3.05, 3.63) is 0 Å². The highest BCUT2D eigenvalue weighted by atomic mass is 32.2. The smallest absolute Gasteiger partial charge is 0.319 e. The summed E-state index contributed by atoms with van der Waals surface area (Å²) in [4.78, 5) is 22.7. The Kier molecular flexibility index (Phi) is 2.90. The topological polar surface area (TPSA) is 66.4 Å². The monoisotopic (exact) mass is 243 g/mol. The van der Waals surface area contributed by atoms with Crippen LogP contribution < -0.4 is 5.32 Å². The van der Waals surface area contributed by atoms with Crippen LogP contribution in [0.25, 0.3) is 0 Å². The molecule has 1 amide bonds. The summed E-state index contributed by atoms with van der Waals surface area (Å²) in [5, 5.41) is 11.8. The van der Waals surface area contributed by atoms with E-state index in [0.717, 1.165) is 12.2 Å². The summed E-state index contributed by atoms with van der Waals surface area (Å²) in [6, 6.07) is 0. The molecule has 1 unspecified atom stereocenters. The standard InChI is InChI=1S/C11H17NO3S/c1-10(3-2-6-16-10)7-12-8(13)11(4-5-11)9(14)15/h2-7H2,1H3,(H,12,13)(H,14,15). The summed E-state index contributed by atoms with van der Waals surface area (Å²) in [6.45, 7) is 2.72. The Morgan fingerprint density at radius 1 is 1.38 bits per heavy atom. The number of rotatable bonds is 4. The molecule has 0 aromatic carbocycles. The third-order valence-electron chi connectivity index (χ3n) is 3.52. The van der Waals surface area contributed by atoms with Gasteiger partial charge in [-0.05, 0) is 38.4 Å². The fraction of sp³-hybridized carbons (Fsp3) is 0.818. The molecule has 1 aliphatic carbocycles. The minimum Gasteiger partial charge on any atom is -0.480 e. The normalized spacial score (nSPS) is 31.1. The highest BCUT2D eigenvalue weighted by Gasteiger charge is 2.57. The fourth-order valence-electron chi connectivity index (χ4n) is 2.08. The molecular weight excluding hydrogens is 226 g/mol. The van der Waals surface area contributed by atoms with E-state index in [-0.39, 0.29) is 10.7 Å². The molecule has 2 fully saturated rings. The second-order valence-electron chi connectivity index (χ2n) is 4.97. The van der Waals surface area contributed by atoms with Crippen molar-refractivity contribution in [2.75, 3.05) is 12.3 Å². The van der Waals surface area contributed by atoms with Crippen molar-refractivity contribution < 1.29 is 14.7 Å². The molecular formula is C11H17NO3S. The summed E-state index contributed by atoms with van der Waals surface area (Å²) in [7, 11) is 0. The third kappa shape index (κ3) is 2.05. The number of amides is 1. The molecule has 1 heterocycles. The Hall–Kier alpha value is -0.710. The van der Waals surface area contributed by atoms with Gasteiger partial charge in [-0.2, -0.15) is 11.8 Å². The maximum Gasteiger partial charge on any atom is 0.319 e. The van der Waals surface area contributed by atoms with Crippen molar-refractivity contribution in [1.29, 1.82) is 0 Å². The van der Waals surface area contributed by atoms with Crippen LogP contribution in [-0.4, -0.2) is 34.0 Å². The number of nitrogens with one attached hydrogen (secondary N) is 1. The number of carbonyl (C=O) groups excluding carboxylic acids is 1. The van der Waals surface area contributed by atoms with E-state index in [1.807, 2.05) is 11.8 Å². The lowest BCUT2D eigenvalue weighted by Gasteiger charge is -2.23. The van der Waals surface area contributed by atoms with Gasteiger partial charge in [0, 0.05) is 11.3 Å². The molecule has 0 aromatic heterocycles. The zero-order chi connectivity index (χ0) is 11.8. The van der Waals surface area contributed by atoms with E-state index in [0.29, 0.717) is 19.4 Å². The summed E-state index contributed by atoms with van der Waals surface area (Å²) in [5.74, 6) is -0.140. The lowest BCUT2D eigenvalue weighted by molar-refractivity contribution is -0.149. The summed E-state index contributed by atoms with van der Waals surface area (Å²) in [5.41, 5.74) is -1.10. The van der Waals surface area contributed by atoms with Gasteiger partial charge in [0.05, 0.1) is 0 Å². The largest absolute Gasteiger partial charge is 0.480 e. The maximum absolute atomic E-state index is 11.8. The van der Waals surface area contributed by atoms with Crippen LogP contribution in [0.1, 0.15) is 32.6 Å². The van der Waals surface area contributed by atoms with Crippen LogP contribution >= 0.6 is 11.8 Å². The van der Waals surface area contributed by atoms with Crippen molar-refractivity contribution >= 4 is 23.6 Å². The summed E-state index contributed by atoms with van der Waals surface area (Å²) in [6.07, 6.45) is 3.25. The highest BCUT2D eigenvalue weighted by Crippen LogP contribution is 2.46. The molecule has 2 rings (SSSR count). The first-order chi connectivity index (χ1) is 7.49. The second kappa shape index (κ2) is 3.95. The molecule has 16 heavy (non-hydrogen) atoms. The van der Waals surface area contributed by atoms with Gasteiger partial charge >= 0.3 is 5.97 Å². The van der Waals surface area contributed by atoms with E-state index in [9.17, 15) is 9.59 Å². The first-order valence-electron chi connectivity index (χ1n) is 5.64. The van der Waals surface area contributed by atoms with Crippen LogP contribution in [0.5, 0.6) is 0 Å². The van der Waals surface area contributed by atoms with Gasteiger partial charge in [-0.25, -0.2) is 0 Å². The van der Waals surface area contributed by atoms with E-state index < -0.39 is 11.4 Å². The van der Waals surface area contributed by atoms with Crippen LogP contribution in [0.2, 0.25) is 0 Å². The van der Waals surface area contributed by atoms with Crippen LogP contribution in [0, 0.1) is 5.41 Å². The van der Waals surface area contributed by atoms with Crippen molar-refractivity contribution in [2.45, 2.75) is 37.4 Å². The quantitative estimate of drug-likeness (QED) is 0.729. The van der Waals surface area contributed by atoms with Crippen LogP contribution in [0.4, 0.5) is 0 Å². The SMILES string of the molecule is CC1(CNC(=O)C2(C(=O)O)CC2)CCCS1. The summed E-state index contributed by atoms with van der Waals surface area (Å²) >= 11 is 1.86. The fourth-order valence-corrected chi connectivity index (χ4v) is 3.32. The molecule has 5 heteroatoms. The van der Waals surface area contributed by atoms with Crippen LogP contribution in [0.3, 0.4) is 0 Å². The Bertz CT molecular complexity index is 319. The summed E-state index contributed by atoms with van der Waals surface area (Å²) < 4.78 is 0.101. The molecule has 0 spiro atoms. The Labute approximate surface area is 99.2 Å². The predicted octanol–water partition coefficient (Wildman–Crippen LogP) is 1.25. The minimum absolute atomic E-state index is 0.101. The van der Waals surface area contributed by atoms with Crippen LogP contribution in [-0.2, 0) is 9.59 Å². The molecule has 1 atom stereocenters. The second-order valence-corrected chi connectivity index (χ2v) is 6.65. The van der Waals surface area contributed by atoms with E-state index in [1.165, 1.54) is 6.42 Å². The number of hydrogen-bond acceptors (Lipinski definition) is 3. The van der Waals surface area contributed by atoms with Gasteiger partial charge in [-0.15, -0.1) is 0 Å². The molecule has 2 N–H and O–H groups in total. The van der Waals surface area contributed by atoms with E-state index in [1.54, 1.807) is 0 Å². The first kappa shape index (κ1) is 11.8. The number of thioether (sulfide) groups is 1. The highest BCUT2D eigenvalue weighted by molar-refractivity contribution is 8.00. The predicted molar refractivity (Wildman–Crippen MR) is 62.4 cm³/mol. The lowest BCUT2D eigenvalue weighted by Crippen LogP contribution is -2.43. The number of aliphatic carboxylic acids is 1. The molecule has 0 aromatic rings. The molecule has 0 radical (unpaired) electrons. The van der Waals surface area contributed by atoms with E-state index >= 15 is 0 Å².